The first kappa shape index (κ1) is 15.9. The quantitative estimate of drug-likeness (QED) is 0.780. The number of piperidine rings is 1. The highest BCUT2D eigenvalue weighted by molar-refractivity contribution is 7.61. The fourth-order valence-corrected chi connectivity index (χ4v) is 2.56. The number of carbonyl (C=O) groups excluding carboxylic acids is 1. The summed E-state index contributed by atoms with van der Waals surface area (Å²) in [5, 5.41) is 0. The third kappa shape index (κ3) is 5.59. The smallest absolute Gasteiger partial charge is 0.410 e. The van der Waals surface area contributed by atoms with E-state index in [1.165, 1.54) is 0 Å². The summed E-state index contributed by atoms with van der Waals surface area (Å²) in [4.78, 5) is 13.5. The number of hydrogen-bond donors (Lipinski definition) is 0. The van der Waals surface area contributed by atoms with E-state index in [-0.39, 0.29) is 18.1 Å². The lowest BCUT2D eigenvalue weighted by atomic mass is 9.91. The molecule has 1 rings (SSSR count). The molecule has 0 bridgehead atoms. The minimum absolute atomic E-state index is 0.205. The molecule has 0 radical (unpaired) electrons. The second-order valence-electron chi connectivity index (χ2n) is 5.87. The van der Waals surface area contributed by atoms with Gasteiger partial charge in [-0.25, -0.2) is 4.79 Å². The van der Waals surface area contributed by atoms with Gasteiger partial charge in [-0.1, -0.05) is 0 Å². The van der Waals surface area contributed by atoms with Gasteiger partial charge < -0.3 is 9.64 Å². The zero-order valence-electron chi connectivity index (χ0n) is 11.9. The molecular weight excluding hydrogens is 268 g/mol. The summed E-state index contributed by atoms with van der Waals surface area (Å²) in [5.41, 5.74) is -0.490. The van der Waals surface area contributed by atoms with E-state index in [1.807, 2.05) is 20.8 Å². The number of rotatable bonds is 2. The molecule has 0 N–H and O–H groups in total. The van der Waals surface area contributed by atoms with Gasteiger partial charge >= 0.3 is 16.6 Å². The average Bonchev–Trinajstić information content (AvgIpc) is 2.26. The van der Waals surface area contributed by atoms with Gasteiger partial charge in [0.15, 0.2) is 0 Å². The molecule has 6 nitrogen and oxygen atoms in total. The summed E-state index contributed by atoms with van der Waals surface area (Å²) in [6.07, 6.45) is 1.20. The highest BCUT2D eigenvalue weighted by Gasteiger charge is 2.29. The van der Waals surface area contributed by atoms with Crippen LogP contribution in [0, 0.1) is 5.92 Å². The largest absolute Gasteiger partial charge is 0.444 e. The van der Waals surface area contributed by atoms with Crippen molar-refractivity contribution in [2.45, 2.75) is 52.2 Å². The van der Waals surface area contributed by atoms with Crippen LogP contribution in [0.4, 0.5) is 4.79 Å². The molecule has 0 unspecified atom stereocenters. The molecule has 0 aromatic heterocycles. The lowest BCUT2D eigenvalue weighted by molar-refractivity contribution is 0.0177. The molecule has 0 aromatic carbocycles. The van der Waals surface area contributed by atoms with Crippen LogP contribution in [0.2, 0.25) is 0 Å². The topological polar surface area (TPSA) is 76.0 Å². The molecule has 1 amide bonds. The van der Waals surface area contributed by atoms with Gasteiger partial charge in [0.25, 0.3) is 0 Å². The van der Waals surface area contributed by atoms with E-state index in [0.717, 1.165) is 12.8 Å². The van der Waals surface area contributed by atoms with Crippen molar-refractivity contribution in [2.75, 3.05) is 13.1 Å². The zero-order valence-corrected chi connectivity index (χ0v) is 12.7. The van der Waals surface area contributed by atoms with Crippen LogP contribution >= 0.6 is 0 Å². The average molecular weight is 290 g/mol. The van der Waals surface area contributed by atoms with Gasteiger partial charge in [-0.15, -0.1) is 0 Å². The Labute approximate surface area is 115 Å². The zero-order chi connectivity index (χ0) is 14.6. The third-order valence-electron chi connectivity index (χ3n) is 3.13. The first-order valence-corrected chi connectivity index (χ1v) is 7.50. The van der Waals surface area contributed by atoms with E-state index < -0.39 is 16.1 Å². The van der Waals surface area contributed by atoms with Crippen LogP contribution in [-0.4, -0.2) is 44.1 Å². The standard InChI is InChI=1S/C12H22N2O4S/c1-9(13-19(16)17)10-5-7-14(8-6-10)11(15)18-12(2,3)4/h9-10H,5-8H2,1-4H3/t9-/m0/s1. The van der Waals surface area contributed by atoms with Crippen molar-refractivity contribution >= 4 is 16.6 Å². The second-order valence-corrected chi connectivity index (χ2v) is 6.51. The lowest BCUT2D eigenvalue weighted by Gasteiger charge is -2.34. The predicted molar refractivity (Wildman–Crippen MR) is 71.3 cm³/mol. The molecule has 1 aliphatic heterocycles. The van der Waals surface area contributed by atoms with Gasteiger partial charge in [-0.3, -0.25) is 0 Å². The van der Waals surface area contributed by atoms with Crippen LogP contribution in [0.25, 0.3) is 0 Å². The monoisotopic (exact) mass is 290 g/mol. The Balaban J connectivity index is 2.49. The number of amides is 1. The number of nitrogens with zero attached hydrogens (tertiary/aromatic N) is 2. The van der Waals surface area contributed by atoms with Gasteiger partial charge in [0.2, 0.25) is 0 Å². The van der Waals surface area contributed by atoms with Crippen LogP contribution in [0.1, 0.15) is 40.5 Å². The molecule has 0 saturated carbocycles. The van der Waals surface area contributed by atoms with Gasteiger partial charge in [0, 0.05) is 13.1 Å². The minimum atomic E-state index is -2.36. The van der Waals surface area contributed by atoms with Crippen molar-refractivity contribution in [3.05, 3.63) is 0 Å². The van der Waals surface area contributed by atoms with E-state index in [4.69, 9.17) is 4.74 Å². The van der Waals surface area contributed by atoms with Crippen molar-refractivity contribution < 1.29 is 17.9 Å². The van der Waals surface area contributed by atoms with Crippen molar-refractivity contribution in [2.24, 2.45) is 10.3 Å². The van der Waals surface area contributed by atoms with Crippen LogP contribution in [-0.2, 0) is 15.2 Å². The molecular formula is C12H22N2O4S. The summed E-state index contributed by atoms with van der Waals surface area (Å²) >= 11 is 0. The number of hydrogen-bond acceptors (Lipinski definition) is 5. The molecule has 0 aliphatic carbocycles. The van der Waals surface area contributed by atoms with Gasteiger partial charge in [-0.2, -0.15) is 12.8 Å². The summed E-state index contributed by atoms with van der Waals surface area (Å²) in [6.45, 7) is 8.48. The van der Waals surface area contributed by atoms with Crippen molar-refractivity contribution in [1.29, 1.82) is 0 Å². The number of likely N-dealkylation sites (tertiary alicyclic amines) is 1. The molecule has 0 spiro atoms. The van der Waals surface area contributed by atoms with Crippen LogP contribution < -0.4 is 0 Å². The molecule has 1 heterocycles. The number of ether oxygens (including phenoxy) is 1. The summed E-state index contributed by atoms with van der Waals surface area (Å²) in [6, 6.07) is -0.223. The van der Waals surface area contributed by atoms with E-state index in [2.05, 4.69) is 4.36 Å². The Morgan fingerprint density at radius 1 is 1.32 bits per heavy atom. The Hall–Kier alpha value is -1.11. The Kier molecular flexibility index (Phi) is 5.34. The molecule has 110 valence electrons. The summed E-state index contributed by atoms with van der Waals surface area (Å²) in [5.74, 6) is 0.205. The maximum Gasteiger partial charge on any atom is 0.410 e. The Bertz CT molecular complexity index is 437. The fourth-order valence-electron chi connectivity index (χ4n) is 2.11. The minimum Gasteiger partial charge on any atom is -0.444 e. The number of carbonyl (C=O) groups is 1. The van der Waals surface area contributed by atoms with Crippen LogP contribution in [0.15, 0.2) is 4.36 Å². The van der Waals surface area contributed by atoms with E-state index >= 15 is 0 Å². The molecule has 0 aromatic rings. The Morgan fingerprint density at radius 2 is 1.84 bits per heavy atom. The second kappa shape index (κ2) is 6.36. The SMILES string of the molecule is C[C@H](N=S(=O)=O)C1CCN(C(=O)OC(C)(C)C)CC1. The van der Waals surface area contributed by atoms with Gasteiger partial charge in [-0.05, 0) is 46.5 Å². The Morgan fingerprint density at radius 3 is 2.26 bits per heavy atom. The van der Waals surface area contributed by atoms with Gasteiger partial charge in [0.05, 0.1) is 6.04 Å². The summed E-state index contributed by atoms with van der Waals surface area (Å²) in [7, 11) is -2.36. The third-order valence-corrected chi connectivity index (χ3v) is 3.63. The van der Waals surface area contributed by atoms with Crippen molar-refractivity contribution in [1.82, 2.24) is 4.90 Å². The molecule has 7 heteroatoms. The first-order valence-electron chi connectivity index (χ1n) is 6.47. The molecule has 1 saturated heterocycles. The van der Waals surface area contributed by atoms with Crippen molar-refractivity contribution in [3.63, 3.8) is 0 Å². The van der Waals surface area contributed by atoms with E-state index in [9.17, 15) is 13.2 Å². The van der Waals surface area contributed by atoms with Crippen LogP contribution in [0.5, 0.6) is 0 Å². The first-order chi connectivity index (χ1) is 8.69. The summed E-state index contributed by atoms with van der Waals surface area (Å²) < 4.78 is 30.0. The van der Waals surface area contributed by atoms with E-state index in [1.54, 1.807) is 11.8 Å². The fraction of sp³-hybridized carbons (Fsp3) is 0.917. The molecule has 19 heavy (non-hydrogen) atoms. The van der Waals surface area contributed by atoms with Crippen LogP contribution in [0.3, 0.4) is 0 Å². The lowest BCUT2D eigenvalue weighted by Crippen LogP contribution is -2.43. The normalized spacial score (nSPS) is 18.8. The van der Waals surface area contributed by atoms with Gasteiger partial charge in [0.1, 0.15) is 5.60 Å². The molecule has 1 atom stereocenters. The molecule has 1 fully saturated rings. The maximum absolute atomic E-state index is 11.8. The highest BCUT2D eigenvalue weighted by atomic mass is 32.2. The highest BCUT2D eigenvalue weighted by Crippen LogP contribution is 2.23. The van der Waals surface area contributed by atoms with E-state index in [0.29, 0.717) is 13.1 Å². The molecule has 1 aliphatic rings. The maximum atomic E-state index is 11.8. The predicted octanol–water partition coefficient (Wildman–Crippen LogP) is 2.08. The van der Waals surface area contributed by atoms with Crippen molar-refractivity contribution in [3.8, 4) is 0 Å².